The van der Waals surface area contributed by atoms with Gasteiger partial charge < -0.3 is 15.4 Å². The van der Waals surface area contributed by atoms with E-state index in [9.17, 15) is 0 Å². The van der Waals surface area contributed by atoms with Crippen LogP contribution in [0.25, 0.3) is 0 Å². The predicted molar refractivity (Wildman–Crippen MR) is 105 cm³/mol. The maximum absolute atomic E-state index is 5.51. The van der Waals surface area contributed by atoms with Gasteiger partial charge in [0.15, 0.2) is 5.96 Å². The number of nitrogens with one attached hydrogen (secondary N) is 2. The van der Waals surface area contributed by atoms with E-state index in [0.29, 0.717) is 6.61 Å². The van der Waals surface area contributed by atoms with Gasteiger partial charge in [-0.1, -0.05) is 44.0 Å². The molecular formula is C17H30IN3O. The van der Waals surface area contributed by atoms with E-state index in [0.717, 1.165) is 25.7 Å². The van der Waals surface area contributed by atoms with E-state index in [1.165, 1.54) is 30.4 Å². The van der Waals surface area contributed by atoms with E-state index in [1.54, 1.807) is 7.05 Å². The molecule has 0 aliphatic rings. The molecule has 2 N–H and O–H groups in total. The monoisotopic (exact) mass is 419 g/mol. The summed E-state index contributed by atoms with van der Waals surface area (Å²) < 4.78 is 5.51. The summed E-state index contributed by atoms with van der Waals surface area (Å²) >= 11 is 0. The minimum atomic E-state index is 0. The fourth-order valence-electron chi connectivity index (χ4n) is 2.06. The number of nitrogens with zero attached hydrogens (tertiary/aromatic N) is 1. The molecule has 126 valence electrons. The number of guanidine groups is 1. The van der Waals surface area contributed by atoms with Crippen LogP contribution in [-0.4, -0.2) is 26.2 Å². The molecule has 0 aliphatic heterocycles. The van der Waals surface area contributed by atoms with Gasteiger partial charge in [-0.05, 0) is 24.5 Å². The first-order chi connectivity index (χ1) is 10.3. The molecule has 1 aromatic rings. The molecule has 0 radical (unpaired) electrons. The maximum atomic E-state index is 5.51. The van der Waals surface area contributed by atoms with E-state index in [1.807, 2.05) is 6.92 Å². The molecule has 0 atom stereocenters. The molecule has 5 heteroatoms. The van der Waals surface area contributed by atoms with Gasteiger partial charge in [0.1, 0.15) is 0 Å². The van der Waals surface area contributed by atoms with E-state index in [2.05, 4.69) is 46.8 Å². The van der Waals surface area contributed by atoms with E-state index in [4.69, 9.17) is 4.74 Å². The number of aliphatic imine (C=N–C) groups is 1. The third-order valence-electron chi connectivity index (χ3n) is 3.32. The Morgan fingerprint density at radius 3 is 2.45 bits per heavy atom. The Morgan fingerprint density at radius 1 is 1.09 bits per heavy atom. The van der Waals surface area contributed by atoms with Crippen LogP contribution in [0.1, 0.15) is 44.2 Å². The van der Waals surface area contributed by atoms with Crippen molar-refractivity contribution in [1.29, 1.82) is 0 Å². The summed E-state index contributed by atoms with van der Waals surface area (Å²) in [5.74, 6) is 0.859. The lowest BCUT2D eigenvalue weighted by molar-refractivity contribution is 0.133. The van der Waals surface area contributed by atoms with Crippen molar-refractivity contribution >= 4 is 29.9 Å². The molecule has 0 unspecified atom stereocenters. The van der Waals surface area contributed by atoms with Crippen LogP contribution in [0.4, 0.5) is 0 Å². The molecular weight excluding hydrogens is 389 g/mol. The molecule has 0 saturated carbocycles. The first kappa shape index (κ1) is 21.2. The highest BCUT2D eigenvalue weighted by Crippen LogP contribution is 2.09. The fourth-order valence-corrected chi connectivity index (χ4v) is 2.06. The standard InChI is InChI=1S/C17H29N3O.HI/c1-4-6-9-12-19-17(18-3)20-13-15-10-7-8-11-16(15)14-21-5-2;/h7-8,10-11H,4-6,9,12-14H2,1-3H3,(H2,18,19,20);1H. The van der Waals surface area contributed by atoms with Crippen LogP contribution in [0.3, 0.4) is 0 Å². The molecule has 0 aliphatic carbocycles. The van der Waals surface area contributed by atoms with Gasteiger partial charge in [0, 0.05) is 26.7 Å². The Hall–Kier alpha value is -0.820. The molecule has 0 heterocycles. The second-order valence-corrected chi connectivity index (χ2v) is 4.97. The number of hydrogen-bond acceptors (Lipinski definition) is 2. The highest BCUT2D eigenvalue weighted by molar-refractivity contribution is 14.0. The Labute approximate surface area is 152 Å². The first-order valence-electron chi connectivity index (χ1n) is 7.90. The number of hydrogen-bond donors (Lipinski definition) is 2. The molecule has 1 aromatic carbocycles. The average molecular weight is 419 g/mol. The van der Waals surface area contributed by atoms with Gasteiger partial charge in [0.2, 0.25) is 0 Å². The molecule has 0 amide bonds. The van der Waals surface area contributed by atoms with Gasteiger partial charge >= 0.3 is 0 Å². The van der Waals surface area contributed by atoms with Crippen LogP contribution in [-0.2, 0) is 17.9 Å². The van der Waals surface area contributed by atoms with Crippen molar-refractivity contribution in [3.05, 3.63) is 35.4 Å². The Bertz CT molecular complexity index is 424. The van der Waals surface area contributed by atoms with Crippen molar-refractivity contribution in [3.63, 3.8) is 0 Å². The normalized spacial score (nSPS) is 11.0. The van der Waals surface area contributed by atoms with Crippen molar-refractivity contribution in [2.45, 2.75) is 46.3 Å². The van der Waals surface area contributed by atoms with Crippen LogP contribution in [0.2, 0.25) is 0 Å². The maximum Gasteiger partial charge on any atom is 0.191 e. The summed E-state index contributed by atoms with van der Waals surface area (Å²) in [6, 6.07) is 8.36. The number of halogens is 1. The highest BCUT2D eigenvalue weighted by atomic mass is 127. The minimum Gasteiger partial charge on any atom is -0.377 e. The lowest BCUT2D eigenvalue weighted by Crippen LogP contribution is -2.37. The largest absolute Gasteiger partial charge is 0.377 e. The van der Waals surface area contributed by atoms with Gasteiger partial charge in [-0.25, -0.2) is 0 Å². The van der Waals surface area contributed by atoms with Crippen LogP contribution >= 0.6 is 24.0 Å². The zero-order valence-corrected chi connectivity index (χ0v) is 16.4. The first-order valence-corrected chi connectivity index (χ1v) is 7.90. The average Bonchev–Trinajstić information content (AvgIpc) is 2.53. The van der Waals surface area contributed by atoms with Gasteiger partial charge in [-0.15, -0.1) is 24.0 Å². The van der Waals surface area contributed by atoms with E-state index < -0.39 is 0 Å². The van der Waals surface area contributed by atoms with Gasteiger partial charge in [0.25, 0.3) is 0 Å². The van der Waals surface area contributed by atoms with Gasteiger partial charge in [0.05, 0.1) is 6.61 Å². The minimum absolute atomic E-state index is 0. The van der Waals surface area contributed by atoms with E-state index >= 15 is 0 Å². The zero-order valence-electron chi connectivity index (χ0n) is 14.0. The molecule has 0 aromatic heterocycles. The SMILES string of the molecule is CCCCCNC(=NC)NCc1ccccc1COCC.I. The summed E-state index contributed by atoms with van der Waals surface area (Å²) in [6.07, 6.45) is 3.66. The summed E-state index contributed by atoms with van der Waals surface area (Å²) in [4.78, 5) is 4.26. The van der Waals surface area contributed by atoms with Crippen LogP contribution in [0, 0.1) is 0 Å². The van der Waals surface area contributed by atoms with Gasteiger partial charge in [-0.3, -0.25) is 4.99 Å². The van der Waals surface area contributed by atoms with Crippen molar-refractivity contribution in [1.82, 2.24) is 10.6 Å². The number of benzene rings is 1. The second-order valence-electron chi connectivity index (χ2n) is 4.97. The summed E-state index contributed by atoms with van der Waals surface area (Å²) in [5, 5.41) is 6.71. The third-order valence-corrected chi connectivity index (χ3v) is 3.32. The smallest absolute Gasteiger partial charge is 0.191 e. The second kappa shape index (κ2) is 13.8. The van der Waals surface area contributed by atoms with Gasteiger partial charge in [-0.2, -0.15) is 0 Å². The molecule has 0 spiro atoms. The van der Waals surface area contributed by atoms with Crippen molar-refractivity contribution in [2.75, 3.05) is 20.2 Å². The van der Waals surface area contributed by atoms with E-state index in [-0.39, 0.29) is 24.0 Å². The third kappa shape index (κ3) is 8.58. The highest BCUT2D eigenvalue weighted by Gasteiger charge is 2.03. The van der Waals surface area contributed by atoms with Crippen molar-refractivity contribution < 1.29 is 4.74 Å². The summed E-state index contributed by atoms with van der Waals surface area (Å²) in [7, 11) is 1.81. The summed E-state index contributed by atoms with van der Waals surface area (Å²) in [6.45, 7) is 7.36. The molecule has 0 saturated heterocycles. The Kier molecular flexibility index (Phi) is 13.3. The quantitative estimate of drug-likeness (QED) is 0.278. The predicted octanol–water partition coefficient (Wildman–Crippen LogP) is 3.70. The lowest BCUT2D eigenvalue weighted by atomic mass is 10.1. The lowest BCUT2D eigenvalue weighted by Gasteiger charge is -2.14. The van der Waals surface area contributed by atoms with Crippen molar-refractivity contribution in [3.8, 4) is 0 Å². The molecule has 22 heavy (non-hydrogen) atoms. The zero-order chi connectivity index (χ0) is 15.3. The molecule has 0 bridgehead atoms. The van der Waals surface area contributed by atoms with Crippen LogP contribution < -0.4 is 10.6 Å². The Morgan fingerprint density at radius 2 is 1.82 bits per heavy atom. The molecule has 0 fully saturated rings. The Balaban J connectivity index is 0.00000441. The fraction of sp³-hybridized carbons (Fsp3) is 0.588. The van der Waals surface area contributed by atoms with Crippen LogP contribution in [0.5, 0.6) is 0 Å². The molecule has 4 nitrogen and oxygen atoms in total. The number of ether oxygens (including phenoxy) is 1. The topological polar surface area (TPSA) is 45.7 Å². The number of unbranched alkanes of at least 4 members (excludes halogenated alkanes) is 2. The number of rotatable bonds is 9. The molecule has 1 rings (SSSR count). The summed E-state index contributed by atoms with van der Waals surface area (Å²) in [5.41, 5.74) is 2.48. The van der Waals surface area contributed by atoms with Crippen molar-refractivity contribution in [2.24, 2.45) is 4.99 Å². The van der Waals surface area contributed by atoms with Crippen LogP contribution in [0.15, 0.2) is 29.3 Å².